The molecule has 1 aliphatic rings. The molecular formula is C28H23F4N5O2. The van der Waals surface area contributed by atoms with E-state index in [2.05, 4.69) is 15.2 Å². The maximum Gasteiger partial charge on any atom is 0.420 e. The van der Waals surface area contributed by atoms with Gasteiger partial charge in [-0.15, -0.1) is 10.2 Å². The van der Waals surface area contributed by atoms with Gasteiger partial charge in [-0.1, -0.05) is 36.4 Å². The van der Waals surface area contributed by atoms with Gasteiger partial charge in [0.1, 0.15) is 23.2 Å². The quantitative estimate of drug-likeness (QED) is 0.291. The monoisotopic (exact) mass is 537 g/mol. The Morgan fingerprint density at radius 2 is 1.87 bits per heavy atom. The lowest BCUT2D eigenvalue weighted by Gasteiger charge is -2.16. The second kappa shape index (κ2) is 9.58. The molecule has 1 unspecified atom stereocenters. The van der Waals surface area contributed by atoms with Gasteiger partial charge in [0.2, 0.25) is 5.89 Å². The molecule has 0 saturated carbocycles. The Balaban J connectivity index is 1.57. The van der Waals surface area contributed by atoms with Gasteiger partial charge >= 0.3 is 6.18 Å². The molecule has 3 aromatic carbocycles. The van der Waals surface area contributed by atoms with Crippen LogP contribution in [-0.4, -0.2) is 48.9 Å². The van der Waals surface area contributed by atoms with Crippen molar-refractivity contribution in [1.29, 1.82) is 0 Å². The van der Waals surface area contributed by atoms with Gasteiger partial charge in [-0.3, -0.25) is 4.90 Å². The summed E-state index contributed by atoms with van der Waals surface area (Å²) in [6.07, 6.45) is -3.22. The third-order valence-electron chi connectivity index (χ3n) is 6.90. The van der Waals surface area contributed by atoms with Crippen LogP contribution in [0.2, 0.25) is 0 Å². The van der Waals surface area contributed by atoms with Gasteiger partial charge in [-0.05, 0) is 41.3 Å². The van der Waals surface area contributed by atoms with Crippen LogP contribution in [0, 0.1) is 5.82 Å². The molecule has 0 bridgehead atoms. The number of halogens is 4. The third kappa shape index (κ3) is 4.68. The minimum Gasteiger partial charge on any atom is -0.435 e. The number of hydrogen-bond donors (Lipinski definition) is 1. The van der Waals surface area contributed by atoms with Crippen molar-refractivity contribution in [2.24, 2.45) is 7.05 Å². The number of fused-ring (bicyclic) bond motifs is 1. The van der Waals surface area contributed by atoms with Crippen LogP contribution in [0.5, 0.6) is 0 Å². The molecule has 1 aliphatic heterocycles. The van der Waals surface area contributed by atoms with Gasteiger partial charge in [0, 0.05) is 32.2 Å². The second-order valence-electron chi connectivity index (χ2n) is 9.66. The largest absolute Gasteiger partial charge is 0.435 e. The lowest BCUT2D eigenvalue weighted by molar-refractivity contribution is -0.136. The van der Waals surface area contributed by atoms with Crippen molar-refractivity contribution < 1.29 is 27.1 Å². The molecule has 1 fully saturated rings. The highest BCUT2D eigenvalue weighted by molar-refractivity contribution is 5.92. The topological polar surface area (TPSA) is 80.2 Å². The van der Waals surface area contributed by atoms with E-state index in [1.807, 2.05) is 35.2 Å². The minimum absolute atomic E-state index is 0.0389. The van der Waals surface area contributed by atoms with E-state index in [0.29, 0.717) is 42.0 Å². The molecule has 200 valence electrons. The number of nitrogens with zero attached hydrogens (tertiary/aromatic N) is 5. The van der Waals surface area contributed by atoms with Crippen molar-refractivity contribution in [3.8, 4) is 34.0 Å². The molecule has 0 amide bonds. The number of alkyl halides is 3. The first-order valence-electron chi connectivity index (χ1n) is 12.3. The number of benzene rings is 3. The summed E-state index contributed by atoms with van der Waals surface area (Å²) in [6.45, 7) is 1.16. The van der Waals surface area contributed by atoms with Crippen LogP contribution < -0.4 is 0 Å². The van der Waals surface area contributed by atoms with E-state index < -0.39 is 29.2 Å². The fraction of sp³-hybridized carbons (Fsp3) is 0.250. The second-order valence-corrected chi connectivity index (χ2v) is 9.66. The Kier molecular flexibility index (Phi) is 6.19. The van der Waals surface area contributed by atoms with Gasteiger partial charge in [-0.25, -0.2) is 9.37 Å². The van der Waals surface area contributed by atoms with Crippen LogP contribution in [0.1, 0.15) is 17.5 Å². The Labute approximate surface area is 220 Å². The number of aliphatic hydroxyl groups is 1. The average Bonchev–Trinajstić information content (AvgIpc) is 3.63. The lowest BCUT2D eigenvalue weighted by Crippen LogP contribution is -2.21. The van der Waals surface area contributed by atoms with Crippen molar-refractivity contribution in [2.75, 3.05) is 13.1 Å². The van der Waals surface area contributed by atoms with E-state index in [-0.39, 0.29) is 23.5 Å². The highest BCUT2D eigenvalue weighted by Crippen LogP contribution is 2.43. The summed E-state index contributed by atoms with van der Waals surface area (Å²) < 4.78 is 65.4. The summed E-state index contributed by atoms with van der Waals surface area (Å²) in [5, 5.41) is 17.9. The molecule has 3 heterocycles. The first-order chi connectivity index (χ1) is 18.7. The van der Waals surface area contributed by atoms with Crippen LogP contribution in [-0.2, 0) is 19.8 Å². The number of rotatable bonds is 5. The van der Waals surface area contributed by atoms with Crippen LogP contribution in [0.4, 0.5) is 17.6 Å². The van der Waals surface area contributed by atoms with E-state index in [9.17, 15) is 18.3 Å². The standard InChI is InChI=1S/C28H23F4N5O2/c1-36-15-33-35-26(36)23-19(17-5-3-2-4-6-17)7-8-21(29)24(23)27-34-22-12-16(13-37-10-9-18(38)14-37)11-20(25(22)39-27)28(30,31)32/h2-8,11-12,15,18,38H,9-10,13-14H2,1H3. The molecule has 1 N–H and O–H groups in total. The highest BCUT2D eigenvalue weighted by atomic mass is 19.4. The molecule has 11 heteroatoms. The molecule has 5 aromatic rings. The Morgan fingerprint density at radius 1 is 1.08 bits per heavy atom. The number of oxazole rings is 1. The Morgan fingerprint density at radius 3 is 2.54 bits per heavy atom. The molecule has 0 radical (unpaired) electrons. The summed E-state index contributed by atoms with van der Waals surface area (Å²) in [5.74, 6) is -0.716. The predicted octanol–water partition coefficient (Wildman–Crippen LogP) is 5.68. The zero-order valence-corrected chi connectivity index (χ0v) is 20.8. The molecule has 1 atom stereocenters. The first kappa shape index (κ1) is 25.2. The van der Waals surface area contributed by atoms with Crippen molar-refractivity contribution in [3.63, 3.8) is 0 Å². The normalized spacial score (nSPS) is 16.4. The van der Waals surface area contributed by atoms with E-state index in [1.54, 1.807) is 17.7 Å². The van der Waals surface area contributed by atoms with E-state index in [0.717, 1.165) is 11.6 Å². The van der Waals surface area contributed by atoms with Gasteiger partial charge in [0.25, 0.3) is 0 Å². The van der Waals surface area contributed by atoms with Crippen LogP contribution in [0.3, 0.4) is 0 Å². The minimum atomic E-state index is -4.73. The zero-order chi connectivity index (χ0) is 27.3. The lowest BCUT2D eigenvalue weighted by atomic mass is 9.94. The van der Waals surface area contributed by atoms with Crippen LogP contribution in [0.25, 0.3) is 45.1 Å². The number of β-amino-alcohol motifs (C(OH)–C–C–N with tert-alkyl or cyclic N) is 1. The van der Waals surface area contributed by atoms with Crippen LogP contribution >= 0.6 is 0 Å². The van der Waals surface area contributed by atoms with E-state index in [4.69, 9.17) is 4.42 Å². The maximum atomic E-state index is 15.6. The van der Waals surface area contributed by atoms with Gasteiger partial charge < -0.3 is 14.1 Å². The Bertz CT molecular complexity index is 1660. The molecule has 7 nitrogen and oxygen atoms in total. The number of aromatic nitrogens is 4. The van der Waals surface area contributed by atoms with Crippen molar-refractivity contribution in [3.05, 3.63) is 77.9 Å². The van der Waals surface area contributed by atoms with E-state index in [1.165, 1.54) is 18.5 Å². The molecule has 1 saturated heterocycles. The zero-order valence-electron chi connectivity index (χ0n) is 20.8. The van der Waals surface area contributed by atoms with Crippen molar-refractivity contribution in [1.82, 2.24) is 24.6 Å². The van der Waals surface area contributed by atoms with Gasteiger partial charge in [0.05, 0.1) is 11.7 Å². The number of likely N-dealkylation sites (tertiary alicyclic amines) is 1. The maximum absolute atomic E-state index is 15.6. The first-order valence-corrected chi connectivity index (χ1v) is 12.3. The summed E-state index contributed by atoms with van der Waals surface area (Å²) >= 11 is 0. The summed E-state index contributed by atoms with van der Waals surface area (Å²) in [6, 6.07) is 14.6. The molecular weight excluding hydrogens is 514 g/mol. The molecule has 39 heavy (non-hydrogen) atoms. The fourth-order valence-electron chi connectivity index (χ4n) is 5.10. The fourth-order valence-corrected chi connectivity index (χ4v) is 5.10. The Hall–Kier alpha value is -4.09. The van der Waals surface area contributed by atoms with Crippen molar-refractivity contribution >= 4 is 11.1 Å². The highest BCUT2D eigenvalue weighted by Gasteiger charge is 2.36. The molecule has 2 aromatic heterocycles. The summed E-state index contributed by atoms with van der Waals surface area (Å²) in [5.41, 5.74) is 0.394. The number of aryl methyl sites for hydroxylation is 1. The third-order valence-corrected chi connectivity index (χ3v) is 6.90. The molecule has 0 aliphatic carbocycles. The van der Waals surface area contributed by atoms with E-state index >= 15 is 4.39 Å². The SMILES string of the molecule is Cn1cnnc1-c1c(-c2ccccc2)ccc(F)c1-c1nc2cc(CN3CCC(O)C3)cc(C(F)(F)F)c2o1. The van der Waals surface area contributed by atoms with Gasteiger partial charge in [0.15, 0.2) is 11.4 Å². The number of aliphatic hydroxyl groups excluding tert-OH is 1. The predicted molar refractivity (Wildman–Crippen MR) is 136 cm³/mol. The molecule has 6 rings (SSSR count). The average molecular weight is 538 g/mol. The van der Waals surface area contributed by atoms with Crippen molar-refractivity contribution in [2.45, 2.75) is 25.2 Å². The van der Waals surface area contributed by atoms with Crippen LogP contribution in [0.15, 0.2) is 65.3 Å². The summed E-state index contributed by atoms with van der Waals surface area (Å²) in [7, 11) is 1.69. The number of hydrogen-bond acceptors (Lipinski definition) is 6. The summed E-state index contributed by atoms with van der Waals surface area (Å²) in [4.78, 5) is 6.25. The molecule has 0 spiro atoms. The smallest absolute Gasteiger partial charge is 0.420 e. The van der Waals surface area contributed by atoms with Gasteiger partial charge in [-0.2, -0.15) is 13.2 Å².